The number of esters is 1. The van der Waals surface area contributed by atoms with Gasteiger partial charge in [-0.1, -0.05) is 41.5 Å². The van der Waals surface area contributed by atoms with Crippen LogP contribution in [0.2, 0.25) is 36.3 Å². The van der Waals surface area contributed by atoms with Crippen LogP contribution in [0, 0.1) is 0 Å². The van der Waals surface area contributed by atoms with Crippen molar-refractivity contribution >= 4 is 22.6 Å². The Kier molecular flexibility index (Phi) is 7.14. The fourth-order valence-corrected chi connectivity index (χ4v) is 6.79. The molecule has 0 radical (unpaired) electrons. The zero-order valence-corrected chi connectivity index (χ0v) is 24.2. The van der Waals surface area contributed by atoms with Gasteiger partial charge < -0.3 is 32.9 Å². The van der Waals surface area contributed by atoms with Crippen molar-refractivity contribution in [3.63, 3.8) is 0 Å². The van der Waals surface area contributed by atoms with Gasteiger partial charge in [0.1, 0.15) is 36.1 Å². The van der Waals surface area contributed by atoms with Crippen molar-refractivity contribution in [1.82, 2.24) is 0 Å². The Morgan fingerprint density at radius 1 is 0.879 bits per heavy atom. The van der Waals surface area contributed by atoms with Gasteiger partial charge in [0.2, 0.25) is 0 Å². The Hall–Kier alpha value is -0.336. The second-order valence-corrected chi connectivity index (χ2v) is 22.2. The summed E-state index contributed by atoms with van der Waals surface area (Å²) in [7, 11) is -4.56. The molecular weight excluding hydrogens is 460 g/mol. The lowest BCUT2D eigenvalue weighted by Crippen LogP contribution is -2.82. The van der Waals surface area contributed by atoms with E-state index < -0.39 is 65.2 Å². The molecular formula is C23H44O8Si2. The average Bonchev–Trinajstić information content (AvgIpc) is 2.62. The number of hydrogen-bond donors (Lipinski definition) is 1. The van der Waals surface area contributed by atoms with Crippen molar-refractivity contribution < 1.29 is 37.7 Å². The maximum absolute atomic E-state index is 12.6. The van der Waals surface area contributed by atoms with Crippen LogP contribution in [0.5, 0.6) is 0 Å². The molecule has 192 valence electrons. The molecule has 3 saturated heterocycles. The van der Waals surface area contributed by atoms with Crippen LogP contribution in [-0.4, -0.2) is 76.9 Å². The monoisotopic (exact) mass is 504 g/mol. The van der Waals surface area contributed by atoms with Gasteiger partial charge in [-0.3, -0.25) is 4.79 Å². The molecule has 10 heteroatoms. The third kappa shape index (κ3) is 4.87. The van der Waals surface area contributed by atoms with Crippen LogP contribution < -0.4 is 0 Å². The number of ether oxygens (including phenoxy) is 4. The summed E-state index contributed by atoms with van der Waals surface area (Å²) >= 11 is 0. The van der Waals surface area contributed by atoms with Crippen LogP contribution in [0.3, 0.4) is 0 Å². The first kappa shape index (κ1) is 27.3. The van der Waals surface area contributed by atoms with Crippen molar-refractivity contribution in [2.45, 2.75) is 134 Å². The number of carbonyl (C=O) groups is 1. The van der Waals surface area contributed by atoms with Gasteiger partial charge in [-0.2, -0.15) is 0 Å². The van der Waals surface area contributed by atoms with E-state index in [1.807, 2.05) is 0 Å². The summed E-state index contributed by atoms with van der Waals surface area (Å²) in [5.41, 5.74) is -1.65. The second-order valence-electron chi connectivity index (χ2n) is 12.7. The predicted octanol–water partition coefficient (Wildman–Crippen LogP) is 3.93. The highest BCUT2D eigenvalue weighted by molar-refractivity contribution is 6.74. The van der Waals surface area contributed by atoms with Gasteiger partial charge in [-0.05, 0) is 43.2 Å². The highest BCUT2D eigenvalue weighted by atomic mass is 28.4. The first-order valence-electron chi connectivity index (χ1n) is 12.0. The molecule has 3 aliphatic heterocycles. The lowest BCUT2D eigenvalue weighted by atomic mass is 9.71. The van der Waals surface area contributed by atoms with E-state index in [0.717, 1.165) is 0 Å². The highest BCUT2D eigenvalue weighted by Crippen LogP contribution is 2.52. The fourth-order valence-electron chi connectivity index (χ4n) is 4.21. The molecule has 1 aliphatic carbocycles. The average molecular weight is 505 g/mol. The fraction of sp³-hybridized carbons (Fsp3) is 0.957. The first-order chi connectivity index (χ1) is 14.8. The summed E-state index contributed by atoms with van der Waals surface area (Å²) in [5.74, 6) is -0.502. The number of carbonyl (C=O) groups excluding carboxylic acids is 1. The lowest BCUT2D eigenvalue weighted by molar-refractivity contribution is -0.496. The molecule has 0 aromatic carbocycles. The van der Waals surface area contributed by atoms with Crippen LogP contribution in [0.4, 0.5) is 0 Å². The molecule has 33 heavy (non-hydrogen) atoms. The van der Waals surface area contributed by atoms with Gasteiger partial charge in [-0.15, -0.1) is 0 Å². The van der Waals surface area contributed by atoms with Crippen molar-refractivity contribution in [3.8, 4) is 0 Å². The van der Waals surface area contributed by atoms with E-state index in [9.17, 15) is 9.90 Å². The Labute approximate surface area is 200 Å². The minimum atomic E-state index is -2.28. The number of hydrogen-bond acceptors (Lipinski definition) is 8. The van der Waals surface area contributed by atoms with E-state index in [4.69, 9.17) is 27.8 Å². The van der Waals surface area contributed by atoms with Crippen molar-refractivity contribution in [2.75, 3.05) is 6.61 Å². The maximum Gasteiger partial charge on any atom is 0.308 e. The van der Waals surface area contributed by atoms with Crippen LogP contribution in [-0.2, 0) is 32.6 Å². The molecule has 3 unspecified atom stereocenters. The van der Waals surface area contributed by atoms with E-state index in [-0.39, 0.29) is 23.1 Å². The van der Waals surface area contributed by atoms with Crippen LogP contribution in [0.1, 0.15) is 54.9 Å². The predicted molar refractivity (Wildman–Crippen MR) is 129 cm³/mol. The SMILES string of the molecule is CCOC(=O)CC1(O)[C@@H]2OC3OC([C@@H]2O[Si](C)(C)C(C)(C)C)[C@H](O[Si](C)(C)C(C)(C)C)[C@@H]1O3. The van der Waals surface area contributed by atoms with E-state index in [0.29, 0.717) is 0 Å². The minimum Gasteiger partial charge on any atom is -0.466 e. The molecule has 1 N–H and O–H groups in total. The van der Waals surface area contributed by atoms with E-state index in [1.165, 1.54) is 0 Å². The van der Waals surface area contributed by atoms with Crippen LogP contribution in [0.15, 0.2) is 0 Å². The molecule has 0 aromatic heterocycles. The zero-order chi connectivity index (χ0) is 25.2. The summed E-state index contributed by atoms with van der Waals surface area (Å²) in [6, 6.07) is 0. The molecule has 4 bridgehead atoms. The summed E-state index contributed by atoms with van der Waals surface area (Å²) in [6.45, 7) is 22.7. The topological polar surface area (TPSA) is 92.7 Å². The van der Waals surface area contributed by atoms with Gasteiger partial charge in [0.25, 0.3) is 6.48 Å². The quantitative estimate of drug-likeness (QED) is 0.412. The Bertz CT molecular complexity index is 696. The summed E-state index contributed by atoms with van der Waals surface area (Å²) < 4.78 is 36.9. The normalized spacial score (nSPS) is 36.8. The molecule has 4 rings (SSSR count). The lowest BCUT2D eigenvalue weighted by Gasteiger charge is -2.64. The van der Waals surface area contributed by atoms with Gasteiger partial charge in [0.05, 0.1) is 13.0 Å². The largest absolute Gasteiger partial charge is 0.466 e. The Balaban J connectivity index is 2.03. The Morgan fingerprint density at radius 2 is 1.30 bits per heavy atom. The summed E-state index contributed by atoms with van der Waals surface area (Å²) in [6.07, 6.45) is -3.45. The van der Waals surface area contributed by atoms with Crippen LogP contribution >= 0.6 is 0 Å². The van der Waals surface area contributed by atoms with Crippen LogP contribution in [0.25, 0.3) is 0 Å². The van der Waals surface area contributed by atoms with Crippen molar-refractivity contribution in [2.24, 2.45) is 0 Å². The van der Waals surface area contributed by atoms with Crippen molar-refractivity contribution in [1.29, 1.82) is 0 Å². The second kappa shape index (κ2) is 8.65. The standard InChI is InChI=1S/C23H44O8Si2/c1-12-26-14(24)13-23(25)18-16(30-32(8,9)21(2,3)4)15-17(19(23)29-20(27-15)28-18)31-33(10,11)22(5,6)7/h15-20,25H,12-13H2,1-11H3/t15?,16-,17-,18-,19+,20?,23?/m0/s1. The van der Waals surface area contributed by atoms with E-state index in [1.54, 1.807) is 6.92 Å². The van der Waals surface area contributed by atoms with Crippen molar-refractivity contribution in [3.05, 3.63) is 0 Å². The molecule has 3 heterocycles. The summed E-state index contributed by atoms with van der Waals surface area (Å²) in [5, 5.41) is 11.9. The maximum atomic E-state index is 12.6. The van der Waals surface area contributed by atoms with E-state index in [2.05, 4.69) is 67.7 Å². The smallest absolute Gasteiger partial charge is 0.308 e. The van der Waals surface area contributed by atoms with Gasteiger partial charge in [0, 0.05) is 0 Å². The van der Waals surface area contributed by atoms with E-state index >= 15 is 0 Å². The minimum absolute atomic E-state index is 0.0623. The van der Waals surface area contributed by atoms with Gasteiger partial charge in [-0.25, -0.2) is 0 Å². The highest BCUT2D eigenvalue weighted by Gasteiger charge is 2.71. The molecule has 1 saturated carbocycles. The zero-order valence-electron chi connectivity index (χ0n) is 22.2. The molecule has 4 aliphatic rings. The van der Waals surface area contributed by atoms with Gasteiger partial charge in [0.15, 0.2) is 16.6 Å². The Morgan fingerprint density at radius 3 is 1.67 bits per heavy atom. The van der Waals surface area contributed by atoms with Gasteiger partial charge >= 0.3 is 5.97 Å². The number of rotatable bonds is 7. The molecule has 0 spiro atoms. The molecule has 7 atom stereocenters. The molecule has 8 nitrogen and oxygen atoms in total. The number of aliphatic hydroxyl groups is 1. The third-order valence-electron chi connectivity index (χ3n) is 8.22. The third-order valence-corrected chi connectivity index (χ3v) is 17.2. The molecule has 4 fully saturated rings. The molecule has 0 aromatic rings. The summed E-state index contributed by atoms with van der Waals surface area (Å²) in [4.78, 5) is 12.6. The first-order valence-corrected chi connectivity index (χ1v) is 17.9. The molecule has 0 amide bonds.